The number of pyridine rings is 1. The van der Waals surface area contributed by atoms with Crippen molar-refractivity contribution in [3.63, 3.8) is 0 Å². The lowest BCUT2D eigenvalue weighted by molar-refractivity contribution is 0.0988. The van der Waals surface area contributed by atoms with Crippen LogP contribution in [-0.4, -0.2) is 17.9 Å². The van der Waals surface area contributed by atoms with Gasteiger partial charge < -0.3 is 10.6 Å². The first kappa shape index (κ1) is 13.1. The average Bonchev–Trinajstić information content (AvgIpc) is 2.54. The molecule has 0 fully saturated rings. The van der Waals surface area contributed by atoms with Gasteiger partial charge in [-0.25, -0.2) is 4.98 Å². The number of aromatic nitrogens is 1. The van der Waals surface area contributed by atoms with Crippen LogP contribution in [0.4, 0.5) is 11.4 Å². The highest BCUT2D eigenvalue weighted by atomic mass is 16.2. The molecule has 21 heavy (non-hydrogen) atoms. The zero-order chi connectivity index (χ0) is 14.8. The van der Waals surface area contributed by atoms with E-state index < -0.39 is 0 Å². The molecule has 2 aromatic carbocycles. The molecule has 0 aliphatic carbocycles. The van der Waals surface area contributed by atoms with Crippen LogP contribution in [0, 0.1) is 0 Å². The number of rotatable bonds is 2. The van der Waals surface area contributed by atoms with E-state index in [1.807, 2.05) is 54.6 Å². The first-order chi connectivity index (χ1) is 10.2. The number of para-hydroxylation sites is 2. The number of hydrogen-bond acceptors (Lipinski definition) is 3. The van der Waals surface area contributed by atoms with Crippen molar-refractivity contribution in [1.82, 2.24) is 4.98 Å². The molecular weight excluding hydrogens is 262 g/mol. The third-order valence-electron chi connectivity index (χ3n) is 3.42. The second-order valence-electron chi connectivity index (χ2n) is 4.81. The molecule has 1 heterocycles. The van der Waals surface area contributed by atoms with Gasteiger partial charge in [-0.05, 0) is 24.3 Å². The highest BCUT2D eigenvalue weighted by Crippen LogP contribution is 2.22. The Balaban J connectivity index is 2.02. The van der Waals surface area contributed by atoms with E-state index >= 15 is 0 Å². The topological polar surface area (TPSA) is 59.2 Å². The zero-order valence-corrected chi connectivity index (χ0v) is 11.7. The summed E-state index contributed by atoms with van der Waals surface area (Å²) in [7, 11) is 1.73. The van der Waals surface area contributed by atoms with Crippen molar-refractivity contribution < 1.29 is 4.79 Å². The average molecular weight is 277 g/mol. The summed E-state index contributed by atoms with van der Waals surface area (Å²) < 4.78 is 0. The maximum absolute atomic E-state index is 12.5. The smallest absolute Gasteiger partial charge is 0.276 e. The van der Waals surface area contributed by atoms with Gasteiger partial charge in [-0.15, -0.1) is 0 Å². The van der Waals surface area contributed by atoms with Gasteiger partial charge in [-0.2, -0.15) is 0 Å². The van der Waals surface area contributed by atoms with Crippen LogP contribution in [0.15, 0.2) is 60.7 Å². The molecule has 0 bridgehead atoms. The second-order valence-corrected chi connectivity index (χ2v) is 4.81. The number of fused-ring (bicyclic) bond motifs is 1. The lowest BCUT2D eigenvalue weighted by Crippen LogP contribution is -2.27. The quantitative estimate of drug-likeness (QED) is 0.783. The number of amides is 1. The summed E-state index contributed by atoms with van der Waals surface area (Å²) in [5.74, 6) is -0.182. The van der Waals surface area contributed by atoms with E-state index in [9.17, 15) is 4.79 Å². The molecule has 4 nitrogen and oxygen atoms in total. The zero-order valence-electron chi connectivity index (χ0n) is 11.7. The molecule has 0 aliphatic heterocycles. The van der Waals surface area contributed by atoms with E-state index in [-0.39, 0.29) is 5.91 Å². The highest BCUT2D eigenvalue weighted by molar-refractivity contribution is 6.07. The molecule has 0 saturated heterocycles. The number of anilines is 2. The molecule has 4 heteroatoms. The first-order valence-electron chi connectivity index (χ1n) is 6.65. The Hall–Kier alpha value is -2.88. The molecule has 104 valence electrons. The van der Waals surface area contributed by atoms with Crippen LogP contribution in [0.2, 0.25) is 0 Å². The summed E-state index contributed by atoms with van der Waals surface area (Å²) in [5, 5.41) is 0.858. The fraction of sp³-hybridized carbons (Fsp3) is 0.0588. The Kier molecular flexibility index (Phi) is 3.28. The van der Waals surface area contributed by atoms with Crippen molar-refractivity contribution in [2.45, 2.75) is 0 Å². The minimum absolute atomic E-state index is 0.182. The minimum atomic E-state index is -0.182. The molecule has 3 rings (SSSR count). The van der Waals surface area contributed by atoms with Crippen LogP contribution < -0.4 is 10.6 Å². The summed E-state index contributed by atoms with van der Waals surface area (Å²) in [6.07, 6.45) is 0. The predicted octanol–water partition coefficient (Wildman–Crippen LogP) is 3.09. The Morgan fingerprint density at radius 3 is 2.48 bits per heavy atom. The van der Waals surface area contributed by atoms with Crippen LogP contribution in [0.3, 0.4) is 0 Å². The lowest BCUT2D eigenvalue weighted by atomic mass is 10.1. The van der Waals surface area contributed by atoms with Gasteiger partial charge >= 0.3 is 0 Å². The van der Waals surface area contributed by atoms with Gasteiger partial charge in [0.1, 0.15) is 5.69 Å². The van der Waals surface area contributed by atoms with E-state index in [0.29, 0.717) is 11.4 Å². The number of benzene rings is 2. The second kappa shape index (κ2) is 5.25. The van der Waals surface area contributed by atoms with Gasteiger partial charge in [0.15, 0.2) is 0 Å². The monoisotopic (exact) mass is 277 g/mol. The lowest BCUT2D eigenvalue weighted by Gasteiger charge is -2.17. The number of nitrogens with zero attached hydrogens (tertiary/aromatic N) is 2. The molecule has 0 unspecified atom stereocenters. The Bertz CT molecular complexity index is 799. The van der Waals surface area contributed by atoms with Crippen molar-refractivity contribution in [3.8, 4) is 0 Å². The fourth-order valence-corrected chi connectivity index (χ4v) is 2.25. The van der Waals surface area contributed by atoms with E-state index in [1.54, 1.807) is 18.0 Å². The molecule has 2 N–H and O–H groups in total. The standard InChI is InChI=1S/C17H15N3O/c1-20(12-7-3-2-4-8-12)17(21)16-11-14(18)13-9-5-6-10-15(13)19-16/h2-11H,1H3,(H2,18,19). The first-order valence-corrected chi connectivity index (χ1v) is 6.65. The molecule has 1 aromatic heterocycles. The van der Waals surface area contributed by atoms with Crippen molar-refractivity contribution in [3.05, 3.63) is 66.4 Å². The van der Waals surface area contributed by atoms with E-state index in [1.165, 1.54) is 0 Å². The maximum atomic E-state index is 12.5. The molecule has 0 aliphatic rings. The summed E-state index contributed by atoms with van der Waals surface area (Å²) in [6.45, 7) is 0. The third kappa shape index (κ3) is 2.43. The van der Waals surface area contributed by atoms with Crippen LogP contribution in [0.25, 0.3) is 10.9 Å². The molecule has 0 saturated carbocycles. The number of nitrogens with two attached hydrogens (primary N) is 1. The summed E-state index contributed by atoms with van der Waals surface area (Å²) in [6, 6.07) is 18.6. The highest BCUT2D eigenvalue weighted by Gasteiger charge is 2.16. The van der Waals surface area contributed by atoms with Crippen LogP contribution in [0.5, 0.6) is 0 Å². The minimum Gasteiger partial charge on any atom is -0.398 e. The maximum Gasteiger partial charge on any atom is 0.276 e. The molecule has 0 spiro atoms. The van der Waals surface area contributed by atoms with Crippen LogP contribution in [0.1, 0.15) is 10.5 Å². The Morgan fingerprint density at radius 1 is 1.05 bits per heavy atom. The van der Waals surface area contributed by atoms with Crippen molar-refractivity contribution in [2.75, 3.05) is 17.7 Å². The van der Waals surface area contributed by atoms with Gasteiger partial charge in [-0.1, -0.05) is 36.4 Å². The third-order valence-corrected chi connectivity index (χ3v) is 3.42. The van der Waals surface area contributed by atoms with Gasteiger partial charge in [0.05, 0.1) is 5.52 Å². The van der Waals surface area contributed by atoms with Crippen LogP contribution in [-0.2, 0) is 0 Å². The molecule has 0 atom stereocenters. The predicted molar refractivity (Wildman–Crippen MR) is 85.3 cm³/mol. The van der Waals surface area contributed by atoms with E-state index in [0.717, 1.165) is 16.6 Å². The van der Waals surface area contributed by atoms with E-state index in [2.05, 4.69) is 4.98 Å². The number of carbonyl (C=O) groups is 1. The SMILES string of the molecule is CN(C(=O)c1cc(N)c2ccccc2n1)c1ccccc1. The largest absolute Gasteiger partial charge is 0.398 e. The van der Waals surface area contributed by atoms with Gasteiger partial charge in [0, 0.05) is 23.8 Å². The number of hydrogen-bond donors (Lipinski definition) is 1. The summed E-state index contributed by atoms with van der Waals surface area (Å²) in [4.78, 5) is 18.5. The molecule has 1 amide bonds. The number of nitrogen functional groups attached to an aromatic ring is 1. The molecular formula is C17H15N3O. The Labute approximate surface area is 122 Å². The van der Waals surface area contributed by atoms with Crippen molar-refractivity contribution in [2.24, 2.45) is 0 Å². The van der Waals surface area contributed by atoms with Gasteiger partial charge in [-0.3, -0.25) is 4.79 Å². The molecule has 3 aromatic rings. The normalized spacial score (nSPS) is 10.5. The summed E-state index contributed by atoms with van der Waals surface area (Å²) in [5.41, 5.74) is 8.47. The van der Waals surface area contributed by atoms with Gasteiger partial charge in [0.25, 0.3) is 5.91 Å². The van der Waals surface area contributed by atoms with Crippen molar-refractivity contribution >= 4 is 28.2 Å². The van der Waals surface area contributed by atoms with E-state index in [4.69, 9.17) is 5.73 Å². The van der Waals surface area contributed by atoms with Crippen LogP contribution >= 0.6 is 0 Å². The van der Waals surface area contributed by atoms with Crippen molar-refractivity contribution in [1.29, 1.82) is 0 Å². The van der Waals surface area contributed by atoms with Gasteiger partial charge in [0.2, 0.25) is 0 Å². The molecule has 0 radical (unpaired) electrons. The number of carbonyl (C=O) groups excluding carboxylic acids is 1. The fourth-order valence-electron chi connectivity index (χ4n) is 2.25. The Morgan fingerprint density at radius 2 is 1.71 bits per heavy atom. The summed E-state index contributed by atoms with van der Waals surface area (Å²) >= 11 is 0.